The Balaban J connectivity index is 2.79. The van der Waals surface area contributed by atoms with Crippen molar-refractivity contribution in [1.82, 2.24) is 4.90 Å². The average molecular weight is 284 g/mol. The molecule has 1 unspecified atom stereocenters. The van der Waals surface area contributed by atoms with E-state index in [4.69, 9.17) is 5.73 Å². The molecule has 0 aliphatic carbocycles. The van der Waals surface area contributed by atoms with Gasteiger partial charge in [-0.2, -0.15) is 24.9 Å². The van der Waals surface area contributed by atoms with Gasteiger partial charge in [0.1, 0.15) is 0 Å². The lowest BCUT2D eigenvalue weighted by molar-refractivity contribution is -0.193. The second-order valence-electron chi connectivity index (χ2n) is 5.35. The predicted molar refractivity (Wildman–Crippen MR) is 66.4 cm³/mol. The van der Waals surface area contributed by atoms with Crippen molar-refractivity contribution in [2.45, 2.75) is 43.7 Å². The highest BCUT2D eigenvalue weighted by Gasteiger charge is 2.55. The summed E-state index contributed by atoms with van der Waals surface area (Å²) in [6, 6.07) is 0. The number of thioether (sulfide) groups is 1. The first-order valence-electron chi connectivity index (χ1n) is 5.76. The van der Waals surface area contributed by atoms with Gasteiger partial charge >= 0.3 is 6.18 Å². The molecule has 0 aromatic carbocycles. The minimum atomic E-state index is -4.72. The van der Waals surface area contributed by atoms with Crippen LogP contribution in [0, 0.1) is 0 Å². The monoisotopic (exact) mass is 284 g/mol. The summed E-state index contributed by atoms with van der Waals surface area (Å²) in [5, 5.41) is 0. The van der Waals surface area contributed by atoms with Crippen LogP contribution in [0.1, 0.15) is 27.2 Å². The molecule has 0 radical (unpaired) electrons. The highest BCUT2D eigenvalue weighted by Crippen LogP contribution is 2.33. The topological polar surface area (TPSA) is 46.3 Å². The Morgan fingerprint density at radius 2 is 1.89 bits per heavy atom. The maximum absolute atomic E-state index is 12.7. The molecule has 1 aliphatic heterocycles. The van der Waals surface area contributed by atoms with Gasteiger partial charge in [0, 0.05) is 23.6 Å². The number of rotatable bonds is 1. The zero-order valence-corrected chi connectivity index (χ0v) is 11.6. The number of alkyl halides is 3. The molecular weight excluding hydrogens is 265 g/mol. The summed E-state index contributed by atoms with van der Waals surface area (Å²) < 4.78 is 38.1. The molecule has 0 aromatic rings. The highest BCUT2D eigenvalue weighted by molar-refractivity contribution is 8.00. The number of amides is 1. The standard InChI is InChI=1S/C11H19F3N2OS/c1-9(2)4-5-16(6-7-18-9)8(17)10(3,15)11(12,13)14/h4-7,15H2,1-3H3. The van der Waals surface area contributed by atoms with E-state index in [2.05, 4.69) is 0 Å². The van der Waals surface area contributed by atoms with Crippen LogP contribution in [-0.2, 0) is 4.79 Å². The number of halogens is 3. The average Bonchev–Trinajstić information content (AvgIpc) is 2.36. The molecule has 18 heavy (non-hydrogen) atoms. The molecule has 3 nitrogen and oxygen atoms in total. The van der Waals surface area contributed by atoms with Crippen molar-refractivity contribution in [3.05, 3.63) is 0 Å². The predicted octanol–water partition coefficient (Wildman–Crippen LogP) is 2.01. The van der Waals surface area contributed by atoms with Crippen molar-refractivity contribution in [1.29, 1.82) is 0 Å². The lowest BCUT2D eigenvalue weighted by Crippen LogP contribution is -2.62. The van der Waals surface area contributed by atoms with Crippen LogP contribution in [0.3, 0.4) is 0 Å². The second-order valence-corrected chi connectivity index (χ2v) is 7.15. The van der Waals surface area contributed by atoms with E-state index in [-0.39, 0.29) is 4.75 Å². The van der Waals surface area contributed by atoms with Crippen molar-refractivity contribution < 1.29 is 18.0 Å². The molecule has 0 saturated carbocycles. The molecule has 0 aromatic heterocycles. The molecule has 1 rings (SSSR count). The summed E-state index contributed by atoms with van der Waals surface area (Å²) in [4.78, 5) is 13.1. The molecule has 7 heteroatoms. The smallest absolute Gasteiger partial charge is 0.340 e. The second kappa shape index (κ2) is 4.92. The fourth-order valence-electron chi connectivity index (χ4n) is 1.67. The normalized spacial score (nSPS) is 24.3. The molecule has 0 spiro atoms. The maximum atomic E-state index is 12.7. The van der Waals surface area contributed by atoms with Gasteiger partial charge in [0.05, 0.1) is 0 Å². The quantitative estimate of drug-likeness (QED) is 0.801. The van der Waals surface area contributed by atoms with Crippen LogP contribution in [0.5, 0.6) is 0 Å². The van der Waals surface area contributed by atoms with Crippen molar-refractivity contribution in [3.63, 3.8) is 0 Å². The Hall–Kier alpha value is -0.430. The van der Waals surface area contributed by atoms with Crippen molar-refractivity contribution in [2.24, 2.45) is 5.73 Å². The van der Waals surface area contributed by atoms with Crippen LogP contribution in [0.25, 0.3) is 0 Å². The summed E-state index contributed by atoms with van der Waals surface area (Å²) in [6.07, 6.45) is -4.06. The summed E-state index contributed by atoms with van der Waals surface area (Å²) >= 11 is 1.66. The van der Waals surface area contributed by atoms with Crippen LogP contribution in [0.15, 0.2) is 0 Å². The molecule has 0 bridgehead atoms. The third-order valence-electron chi connectivity index (χ3n) is 3.16. The van der Waals surface area contributed by atoms with Crippen LogP contribution in [0.2, 0.25) is 0 Å². The Morgan fingerprint density at radius 1 is 1.33 bits per heavy atom. The highest BCUT2D eigenvalue weighted by atomic mass is 32.2. The lowest BCUT2D eigenvalue weighted by Gasteiger charge is -2.32. The molecule has 1 saturated heterocycles. The molecule has 1 atom stereocenters. The van der Waals surface area contributed by atoms with E-state index < -0.39 is 17.6 Å². The first kappa shape index (κ1) is 15.6. The Morgan fingerprint density at radius 3 is 2.39 bits per heavy atom. The molecule has 1 fully saturated rings. The number of nitrogens with zero attached hydrogens (tertiary/aromatic N) is 1. The Labute approximate surface area is 109 Å². The number of nitrogens with two attached hydrogens (primary N) is 1. The van der Waals surface area contributed by atoms with Gasteiger partial charge in [-0.15, -0.1) is 0 Å². The van der Waals surface area contributed by atoms with E-state index in [0.29, 0.717) is 25.3 Å². The molecule has 2 N–H and O–H groups in total. The zero-order chi connectivity index (χ0) is 14.2. The van der Waals surface area contributed by atoms with Crippen molar-refractivity contribution in [3.8, 4) is 0 Å². The summed E-state index contributed by atoms with van der Waals surface area (Å²) in [7, 11) is 0. The van der Waals surface area contributed by atoms with E-state index in [9.17, 15) is 18.0 Å². The van der Waals surface area contributed by atoms with Crippen molar-refractivity contribution in [2.75, 3.05) is 18.8 Å². The Bertz CT molecular complexity index is 329. The van der Waals surface area contributed by atoms with E-state index >= 15 is 0 Å². The van der Waals surface area contributed by atoms with E-state index in [1.54, 1.807) is 11.8 Å². The van der Waals surface area contributed by atoms with E-state index in [1.807, 2.05) is 13.8 Å². The van der Waals surface area contributed by atoms with Gasteiger partial charge in [-0.25, -0.2) is 0 Å². The molecule has 106 valence electrons. The number of carbonyl (C=O) groups excluding carboxylic acids is 1. The van der Waals surface area contributed by atoms with Gasteiger partial charge in [0.25, 0.3) is 5.91 Å². The fraction of sp³-hybridized carbons (Fsp3) is 0.909. The summed E-state index contributed by atoms with van der Waals surface area (Å²) in [5.41, 5.74) is 2.36. The van der Waals surface area contributed by atoms with Gasteiger partial charge < -0.3 is 10.6 Å². The van der Waals surface area contributed by atoms with Crippen LogP contribution < -0.4 is 5.73 Å². The lowest BCUT2D eigenvalue weighted by atomic mass is 10.0. The van der Waals surface area contributed by atoms with E-state index in [1.165, 1.54) is 4.90 Å². The number of hydrogen-bond acceptors (Lipinski definition) is 3. The van der Waals surface area contributed by atoms with E-state index in [0.717, 1.165) is 6.92 Å². The fourth-order valence-corrected chi connectivity index (χ4v) is 2.77. The van der Waals surface area contributed by atoms with Gasteiger partial charge in [0.2, 0.25) is 0 Å². The Kier molecular flexibility index (Phi) is 4.27. The van der Waals surface area contributed by atoms with Gasteiger partial charge in [-0.3, -0.25) is 4.79 Å². The van der Waals surface area contributed by atoms with Crippen LogP contribution >= 0.6 is 11.8 Å². The third kappa shape index (κ3) is 3.32. The summed E-state index contributed by atoms with van der Waals surface area (Å²) in [6.45, 7) is 5.42. The minimum Gasteiger partial charge on any atom is -0.340 e. The molecule has 1 heterocycles. The van der Waals surface area contributed by atoms with Crippen LogP contribution in [-0.4, -0.2) is 46.1 Å². The first-order chi connectivity index (χ1) is 7.97. The molecule has 1 aliphatic rings. The SMILES string of the molecule is CC1(C)CCN(C(=O)C(C)(N)C(F)(F)F)CCS1. The maximum Gasteiger partial charge on any atom is 0.415 e. The third-order valence-corrected chi connectivity index (χ3v) is 4.53. The molecule has 1 amide bonds. The first-order valence-corrected chi connectivity index (χ1v) is 6.75. The zero-order valence-electron chi connectivity index (χ0n) is 10.8. The number of carbonyl (C=O) groups is 1. The number of hydrogen-bond donors (Lipinski definition) is 1. The minimum absolute atomic E-state index is 0.0156. The summed E-state index contributed by atoms with van der Waals surface area (Å²) in [5.74, 6) is -0.402. The van der Waals surface area contributed by atoms with Gasteiger partial charge in [-0.1, -0.05) is 13.8 Å². The van der Waals surface area contributed by atoms with Crippen molar-refractivity contribution >= 4 is 17.7 Å². The van der Waals surface area contributed by atoms with Gasteiger partial charge in [-0.05, 0) is 13.3 Å². The molecular formula is C11H19F3N2OS. The van der Waals surface area contributed by atoms with Gasteiger partial charge in [0.15, 0.2) is 5.54 Å². The van der Waals surface area contributed by atoms with Crippen LogP contribution in [0.4, 0.5) is 13.2 Å². The largest absolute Gasteiger partial charge is 0.415 e.